The average molecular weight is 276 g/mol. The van der Waals surface area contributed by atoms with Gasteiger partial charge in [-0.15, -0.1) is 0 Å². The first-order valence-electron chi connectivity index (χ1n) is 7.32. The maximum atomic E-state index is 11.2. The highest BCUT2D eigenvalue weighted by molar-refractivity contribution is 5.73. The Morgan fingerprint density at radius 2 is 1.80 bits per heavy atom. The standard InChI is InChI=1S/C16H24N2O2/c1-14-4-6-16(7-5-14)20-13-3-8-17-9-11-18(12-10-17)15(2)19/h4-7H,3,8-13H2,1-2H3. The van der Waals surface area contributed by atoms with Gasteiger partial charge in [-0.1, -0.05) is 17.7 Å². The van der Waals surface area contributed by atoms with Crippen molar-refractivity contribution in [3.63, 3.8) is 0 Å². The van der Waals surface area contributed by atoms with Crippen molar-refractivity contribution in [2.45, 2.75) is 20.3 Å². The van der Waals surface area contributed by atoms with Crippen LogP contribution in [0.2, 0.25) is 0 Å². The Bertz CT molecular complexity index is 423. The van der Waals surface area contributed by atoms with E-state index in [0.29, 0.717) is 0 Å². The lowest BCUT2D eigenvalue weighted by Gasteiger charge is -2.34. The first-order chi connectivity index (χ1) is 9.65. The molecule has 0 aromatic heterocycles. The van der Waals surface area contributed by atoms with E-state index in [1.807, 2.05) is 17.0 Å². The Balaban J connectivity index is 1.60. The van der Waals surface area contributed by atoms with Gasteiger partial charge in [0.15, 0.2) is 0 Å². The van der Waals surface area contributed by atoms with Crippen LogP contribution in [-0.2, 0) is 4.79 Å². The van der Waals surface area contributed by atoms with Gasteiger partial charge in [0, 0.05) is 39.6 Å². The van der Waals surface area contributed by atoms with Gasteiger partial charge >= 0.3 is 0 Å². The third-order valence-electron chi connectivity index (χ3n) is 3.73. The third-order valence-corrected chi connectivity index (χ3v) is 3.73. The van der Waals surface area contributed by atoms with Crippen molar-refractivity contribution in [3.05, 3.63) is 29.8 Å². The highest BCUT2D eigenvalue weighted by Crippen LogP contribution is 2.11. The van der Waals surface area contributed by atoms with E-state index in [-0.39, 0.29) is 5.91 Å². The molecule has 2 rings (SSSR count). The molecule has 0 atom stereocenters. The predicted molar refractivity (Wildman–Crippen MR) is 80.0 cm³/mol. The molecular weight excluding hydrogens is 252 g/mol. The van der Waals surface area contributed by atoms with Crippen LogP contribution in [-0.4, -0.2) is 55.0 Å². The summed E-state index contributed by atoms with van der Waals surface area (Å²) in [6.07, 6.45) is 1.02. The Kier molecular flexibility index (Phi) is 5.41. The maximum absolute atomic E-state index is 11.2. The molecule has 0 saturated carbocycles. The zero-order chi connectivity index (χ0) is 14.4. The van der Waals surface area contributed by atoms with Gasteiger partial charge in [-0.05, 0) is 25.5 Å². The van der Waals surface area contributed by atoms with Crippen LogP contribution in [0.4, 0.5) is 0 Å². The molecule has 1 aliphatic rings. The lowest BCUT2D eigenvalue weighted by atomic mass is 10.2. The van der Waals surface area contributed by atoms with Gasteiger partial charge in [-0.25, -0.2) is 0 Å². The van der Waals surface area contributed by atoms with E-state index in [0.717, 1.165) is 51.5 Å². The van der Waals surface area contributed by atoms with Crippen molar-refractivity contribution < 1.29 is 9.53 Å². The van der Waals surface area contributed by atoms with E-state index in [1.54, 1.807) is 6.92 Å². The summed E-state index contributed by atoms with van der Waals surface area (Å²) in [5.41, 5.74) is 1.25. The summed E-state index contributed by atoms with van der Waals surface area (Å²) in [5.74, 6) is 1.13. The zero-order valence-electron chi connectivity index (χ0n) is 12.5. The number of amides is 1. The molecule has 0 bridgehead atoms. The zero-order valence-corrected chi connectivity index (χ0v) is 12.5. The van der Waals surface area contributed by atoms with Crippen molar-refractivity contribution in [2.24, 2.45) is 0 Å². The summed E-state index contributed by atoms with van der Waals surface area (Å²) in [4.78, 5) is 15.6. The number of piperazine rings is 1. The molecule has 0 aliphatic carbocycles. The van der Waals surface area contributed by atoms with Gasteiger partial charge in [0.2, 0.25) is 5.91 Å². The number of hydrogen-bond acceptors (Lipinski definition) is 3. The highest BCUT2D eigenvalue weighted by atomic mass is 16.5. The highest BCUT2D eigenvalue weighted by Gasteiger charge is 2.17. The first kappa shape index (κ1) is 14.9. The lowest BCUT2D eigenvalue weighted by molar-refractivity contribution is -0.130. The Labute approximate surface area is 121 Å². The molecule has 1 fully saturated rings. The summed E-state index contributed by atoms with van der Waals surface area (Å²) in [7, 11) is 0. The number of rotatable bonds is 5. The SMILES string of the molecule is CC(=O)N1CCN(CCCOc2ccc(C)cc2)CC1. The van der Waals surface area contributed by atoms with Crippen molar-refractivity contribution in [1.29, 1.82) is 0 Å². The lowest BCUT2D eigenvalue weighted by Crippen LogP contribution is -2.48. The third kappa shape index (κ3) is 4.53. The van der Waals surface area contributed by atoms with E-state index in [4.69, 9.17) is 4.74 Å². The number of nitrogens with zero attached hydrogens (tertiary/aromatic N) is 2. The largest absolute Gasteiger partial charge is 0.494 e. The van der Waals surface area contributed by atoms with E-state index >= 15 is 0 Å². The topological polar surface area (TPSA) is 32.8 Å². The van der Waals surface area contributed by atoms with Crippen LogP contribution in [0.3, 0.4) is 0 Å². The van der Waals surface area contributed by atoms with Gasteiger partial charge in [-0.2, -0.15) is 0 Å². The fraction of sp³-hybridized carbons (Fsp3) is 0.562. The number of carbonyl (C=O) groups is 1. The van der Waals surface area contributed by atoms with E-state index in [1.165, 1.54) is 5.56 Å². The minimum atomic E-state index is 0.187. The molecule has 1 saturated heterocycles. The molecule has 4 nitrogen and oxygen atoms in total. The monoisotopic (exact) mass is 276 g/mol. The molecule has 0 spiro atoms. The molecule has 0 radical (unpaired) electrons. The summed E-state index contributed by atoms with van der Waals surface area (Å²) in [6.45, 7) is 9.17. The number of ether oxygens (including phenoxy) is 1. The smallest absolute Gasteiger partial charge is 0.219 e. The number of benzene rings is 1. The van der Waals surface area contributed by atoms with Crippen LogP contribution in [0.1, 0.15) is 18.9 Å². The van der Waals surface area contributed by atoms with Crippen molar-refractivity contribution in [2.75, 3.05) is 39.3 Å². The molecule has 20 heavy (non-hydrogen) atoms. The quantitative estimate of drug-likeness (QED) is 0.770. The second-order valence-electron chi connectivity index (χ2n) is 5.36. The average Bonchev–Trinajstić information content (AvgIpc) is 2.46. The fourth-order valence-electron chi connectivity index (χ4n) is 2.40. The molecule has 1 aromatic carbocycles. The number of carbonyl (C=O) groups excluding carboxylic acids is 1. The molecule has 1 heterocycles. The second-order valence-corrected chi connectivity index (χ2v) is 5.36. The van der Waals surface area contributed by atoms with Gasteiger partial charge in [-0.3, -0.25) is 9.69 Å². The molecule has 0 N–H and O–H groups in total. The summed E-state index contributed by atoms with van der Waals surface area (Å²) in [5, 5.41) is 0. The number of hydrogen-bond donors (Lipinski definition) is 0. The molecule has 110 valence electrons. The molecule has 1 aromatic rings. The Hall–Kier alpha value is -1.55. The normalized spacial score (nSPS) is 16.2. The van der Waals surface area contributed by atoms with Crippen molar-refractivity contribution in [1.82, 2.24) is 9.80 Å². The summed E-state index contributed by atoms with van der Waals surface area (Å²) >= 11 is 0. The van der Waals surface area contributed by atoms with Gasteiger partial charge < -0.3 is 9.64 Å². The maximum Gasteiger partial charge on any atom is 0.219 e. The fourth-order valence-corrected chi connectivity index (χ4v) is 2.40. The second kappa shape index (κ2) is 7.29. The molecule has 0 unspecified atom stereocenters. The van der Waals surface area contributed by atoms with Crippen molar-refractivity contribution >= 4 is 5.91 Å². The van der Waals surface area contributed by atoms with Crippen LogP contribution < -0.4 is 4.74 Å². The van der Waals surface area contributed by atoms with Crippen LogP contribution in [0, 0.1) is 6.92 Å². The summed E-state index contributed by atoms with van der Waals surface area (Å²) in [6, 6.07) is 8.16. The molecule has 1 amide bonds. The van der Waals surface area contributed by atoms with Crippen LogP contribution >= 0.6 is 0 Å². The van der Waals surface area contributed by atoms with Gasteiger partial charge in [0.05, 0.1) is 6.61 Å². The Morgan fingerprint density at radius 1 is 1.15 bits per heavy atom. The van der Waals surface area contributed by atoms with Crippen LogP contribution in [0.15, 0.2) is 24.3 Å². The Morgan fingerprint density at radius 3 is 2.40 bits per heavy atom. The van der Waals surface area contributed by atoms with Crippen LogP contribution in [0.5, 0.6) is 5.75 Å². The minimum absolute atomic E-state index is 0.187. The minimum Gasteiger partial charge on any atom is -0.494 e. The van der Waals surface area contributed by atoms with E-state index in [2.05, 4.69) is 24.0 Å². The van der Waals surface area contributed by atoms with E-state index < -0.39 is 0 Å². The van der Waals surface area contributed by atoms with Crippen LogP contribution in [0.25, 0.3) is 0 Å². The molecule has 4 heteroatoms. The van der Waals surface area contributed by atoms with Gasteiger partial charge in [0.25, 0.3) is 0 Å². The molecule has 1 aliphatic heterocycles. The predicted octanol–water partition coefficient (Wildman–Crippen LogP) is 1.93. The first-order valence-corrected chi connectivity index (χ1v) is 7.32. The van der Waals surface area contributed by atoms with Gasteiger partial charge in [0.1, 0.15) is 5.75 Å². The summed E-state index contributed by atoms with van der Waals surface area (Å²) < 4.78 is 5.72. The molecular formula is C16H24N2O2. The number of aryl methyl sites for hydroxylation is 1. The van der Waals surface area contributed by atoms with E-state index in [9.17, 15) is 4.79 Å². The van der Waals surface area contributed by atoms with Crippen molar-refractivity contribution in [3.8, 4) is 5.75 Å².